The maximum absolute atomic E-state index is 13.3. The molecule has 0 saturated heterocycles. The Bertz CT molecular complexity index is 453. The van der Waals surface area contributed by atoms with Gasteiger partial charge in [-0.15, -0.1) is 0 Å². The molecule has 0 bridgehead atoms. The quantitative estimate of drug-likeness (QED) is 0.476. The van der Waals surface area contributed by atoms with Crippen LogP contribution in [0.2, 0.25) is 0 Å². The van der Waals surface area contributed by atoms with E-state index in [1.165, 1.54) is 25.0 Å². The molecule has 18 heavy (non-hydrogen) atoms. The van der Waals surface area contributed by atoms with E-state index in [0.717, 1.165) is 24.5 Å². The van der Waals surface area contributed by atoms with E-state index in [1.807, 2.05) is 0 Å². The summed E-state index contributed by atoms with van der Waals surface area (Å²) in [4.78, 5) is 10.6. The van der Waals surface area contributed by atoms with Gasteiger partial charge in [0, 0.05) is 10.9 Å². The van der Waals surface area contributed by atoms with Crippen LogP contribution in [-0.2, 0) is 6.42 Å². The topological polar surface area (TPSA) is 43.1 Å². The summed E-state index contributed by atoms with van der Waals surface area (Å²) in [5.41, 5.74) is 0.560. The average Bonchev–Trinajstić information content (AvgIpc) is 2.31. The minimum atomic E-state index is -0.543. The van der Waals surface area contributed by atoms with Gasteiger partial charge in [-0.2, -0.15) is 0 Å². The fourth-order valence-electron chi connectivity index (χ4n) is 2.55. The first-order valence-electron chi connectivity index (χ1n) is 6.14. The number of nitro groups is 1. The molecule has 1 aromatic rings. The summed E-state index contributed by atoms with van der Waals surface area (Å²) in [5.74, 6) is -0.0821. The highest BCUT2D eigenvalue weighted by atomic mass is 79.9. The van der Waals surface area contributed by atoms with Crippen molar-refractivity contribution in [3.05, 3.63) is 39.7 Å². The van der Waals surface area contributed by atoms with E-state index in [9.17, 15) is 14.5 Å². The molecule has 1 aliphatic carbocycles. The van der Waals surface area contributed by atoms with Crippen molar-refractivity contribution >= 4 is 21.6 Å². The molecule has 0 N–H and O–H groups in total. The molecule has 1 saturated carbocycles. The summed E-state index contributed by atoms with van der Waals surface area (Å²) >= 11 is 3.65. The molecule has 0 aromatic heterocycles. The van der Waals surface area contributed by atoms with Gasteiger partial charge >= 0.3 is 0 Å². The number of benzene rings is 1. The first kappa shape index (κ1) is 13.5. The summed E-state index contributed by atoms with van der Waals surface area (Å²) in [7, 11) is 0. The Morgan fingerprint density at radius 3 is 2.72 bits per heavy atom. The first-order valence-corrected chi connectivity index (χ1v) is 7.06. The van der Waals surface area contributed by atoms with Crippen LogP contribution in [0.4, 0.5) is 10.1 Å². The van der Waals surface area contributed by atoms with Gasteiger partial charge in [-0.3, -0.25) is 10.1 Å². The van der Waals surface area contributed by atoms with Crippen molar-refractivity contribution in [3.63, 3.8) is 0 Å². The fraction of sp³-hybridized carbons (Fsp3) is 0.538. The molecular formula is C13H15BrFNO2. The summed E-state index contributed by atoms with van der Waals surface area (Å²) in [5, 5.41) is 10.7. The lowest BCUT2D eigenvalue weighted by Crippen LogP contribution is -2.21. The highest BCUT2D eigenvalue weighted by Crippen LogP contribution is 2.33. The maximum atomic E-state index is 13.3. The number of nitro benzene ring substituents is 1. The molecule has 0 radical (unpaired) electrons. The second-order valence-corrected chi connectivity index (χ2v) is 6.02. The molecule has 1 aromatic carbocycles. The molecule has 3 nitrogen and oxygen atoms in total. The van der Waals surface area contributed by atoms with Crippen LogP contribution in [-0.4, -0.2) is 9.75 Å². The van der Waals surface area contributed by atoms with E-state index in [-0.39, 0.29) is 5.69 Å². The molecule has 98 valence electrons. The summed E-state index contributed by atoms with van der Waals surface area (Å²) in [6.07, 6.45) is 5.33. The van der Waals surface area contributed by atoms with Crippen molar-refractivity contribution in [2.24, 2.45) is 5.92 Å². The number of non-ortho nitro benzene ring substituents is 1. The predicted molar refractivity (Wildman–Crippen MR) is 71.4 cm³/mol. The highest BCUT2D eigenvalue weighted by Gasteiger charge is 2.23. The first-order chi connectivity index (χ1) is 8.56. The Balaban J connectivity index is 2.15. The molecule has 2 rings (SSSR count). The Kier molecular flexibility index (Phi) is 4.32. The lowest BCUT2D eigenvalue weighted by atomic mass is 9.84. The van der Waals surface area contributed by atoms with Gasteiger partial charge in [-0.1, -0.05) is 28.8 Å². The number of halogens is 2. The van der Waals surface area contributed by atoms with Gasteiger partial charge in [0.25, 0.3) is 5.69 Å². The molecule has 2 atom stereocenters. The van der Waals surface area contributed by atoms with Crippen LogP contribution in [0.5, 0.6) is 0 Å². The van der Waals surface area contributed by atoms with Crippen LogP contribution in [0.15, 0.2) is 18.2 Å². The van der Waals surface area contributed by atoms with Gasteiger partial charge in [0.15, 0.2) is 0 Å². The molecule has 0 amide bonds. The van der Waals surface area contributed by atoms with Crippen LogP contribution in [0, 0.1) is 21.8 Å². The zero-order chi connectivity index (χ0) is 13.1. The Hall–Kier alpha value is -0.970. The van der Waals surface area contributed by atoms with Crippen molar-refractivity contribution in [2.75, 3.05) is 0 Å². The Labute approximate surface area is 114 Å². The lowest BCUT2D eigenvalue weighted by Gasteiger charge is -2.27. The second-order valence-electron chi connectivity index (χ2n) is 4.84. The highest BCUT2D eigenvalue weighted by molar-refractivity contribution is 9.09. The standard InChI is InChI=1S/C13H15BrFNO2/c14-13-4-2-1-3-10(13)5-9-6-11(15)8-12(7-9)16(17)18/h6-8,10,13H,1-5H2. The minimum Gasteiger partial charge on any atom is -0.258 e. The number of hydrogen-bond acceptors (Lipinski definition) is 2. The molecular weight excluding hydrogens is 301 g/mol. The fourth-order valence-corrected chi connectivity index (χ4v) is 3.33. The summed E-state index contributed by atoms with van der Waals surface area (Å²) < 4.78 is 13.3. The zero-order valence-electron chi connectivity index (χ0n) is 9.94. The van der Waals surface area contributed by atoms with Gasteiger partial charge in [0.1, 0.15) is 5.82 Å². The van der Waals surface area contributed by atoms with Crippen LogP contribution >= 0.6 is 15.9 Å². The van der Waals surface area contributed by atoms with Crippen molar-refractivity contribution in [1.29, 1.82) is 0 Å². The van der Waals surface area contributed by atoms with E-state index in [2.05, 4.69) is 15.9 Å². The van der Waals surface area contributed by atoms with E-state index in [0.29, 0.717) is 17.2 Å². The number of alkyl halides is 1. The lowest BCUT2D eigenvalue weighted by molar-refractivity contribution is -0.385. The van der Waals surface area contributed by atoms with Crippen LogP contribution in [0.25, 0.3) is 0 Å². The van der Waals surface area contributed by atoms with Gasteiger partial charge in [-0.25, -0.2) is 4.39 Å². The molecule has 5 heteroatoms. The monoisotopic (exact) mass is 315 g/mol. The zero-order valence-corrected chi connectivity index (χ0v) is 11.5. The normalized spacial score (nSPS) is 23.9. The molecule has 1 fully saturated rings. The summed E-state index contributed by atoms with van der Waals surface area (Å²) in [6, 6.07) is 3.86. The second kappa shape index (κ2) is 5.78. The van der Waals surface area contributed by atoms with Gasteiger partial charge in [-0.05, 0) is 36.8 Å². The number of nitrogens with zero attached hydrogens (tertiary/aromatic N) is 1. The van der Waals surface area contributed by atoms with Crippen molar-refractivity contribution in [2.45, 2.75) is 36.9 Å². The molecule has 0 aliphatic heterocycles. The SMILES string of the molecule is O=[N+]([O-])c1cc(F)cc(CC2CCCCC2Br)c1. The van der Waals surface area contributed by atoms with Crippen LogP contribution < -0.4 is 0 Å². The maximum Gasteiger partial charge on any atom is 0.272 e. The Morgan fingerprint density at radius 1 is 1.33 bits per heavy atom. The van der Waals surface area contributed by atoms with Crippen LogP contribution in [0.1, 0.15) is 31.2 Å². The smallest absolute Gasteiger partial charge is 0.258 e. The number of rotatable bonds is 3. The largest absolute Gasteiger partial charge is 0.272 e. The predicted octanol–water partition coefficient (Wildman–Crippen LogP) is 4.23. The Morgan fingerprint density at radius 2 is 2.06 bits per heavy atom. The van der Waals surface area contributed by atoms with E-state index >= 15 is 0 Å². The molecule has 0 spiro atoms. The summed E-state index contributed by atoms with van der Waals surface area (Å²) in [6.45, 7) is 0. The average molecular weight is 316 g/mol. The van der Waals surface area contributed by atoms with Crippen molar-refractivity contribution in [1.82, 2.24) is 0 Å². The minimum absolute atomic E-state index is 0.160. The third kappa shape index (κ3) is 3.28. The van der Waals surface area contributed by atoms with E-state index in [1.54, 1.807) is 0 Å². The van der Waals surface area contributed by atoms with Crippen molar-refractivity contribution < 1.29 is 9.31 Å². The van der Waals surface area contributed by atoms with Gasteiger partial charge < -0.3 is 0 Å². The van der Waals surface area contributed by atoms with Crippen molar-refractivity contribution in [3.8, 4) is 0 Å². The molecule has 2 unspecified atom stereocenters. The number of hydrogen-bond donors (Lipinski definition) is 0. The van der Waals surface area contributed by atoms with E-state index in [4.69, 9.17) is 0 Å². The molecule has 0 heterocycles. The van der Waals surface area contributed by atoms with Crippen LogP contribution in [0.3, 0.4) is 0 Å². The van der Waals surface area contributed by atoms with Gasteiger partial charge in [0.05, 0.1) is 11.0 Å². The third-order valence-electron chi connectivity index (χ3n) is 3.47. The van der Waals surface area contributed by atoms with E-state index < -0.39 is 10.7 Å². The van der Waals surface area contributed by atoms with Gasteiger partial charge in [0.2, 0.25) is 0 Å². The molecule has 1 aliphatic rings. The third-order valence-corrected chi connectivity index (χ3v) is 4.67.